The van der Waals surface area contributed by atoms with E-state index in [1.165, 1.54) is 4.90 Å². The summed E-state index contributed by atoms with van der Waals surface area (Å²) in [5, 5.41) is 18.1. The van der Waals surface area contributed by atoms with Crippen molar-refractivity contribution in [3.63, 3.8) is 0 Å². The van der Waals surface area contributed by atoms with Crippen molar-refractivity contribution in [1.29, 1.82) is 0 Å². The monoisotopic (exact) mass is 259 g/mol. The molecular formula is C12H21NO5. The van der Waals surface area contributed by atoms with Crippen molar-refractivity contribution in [1.82, 2.24) is 4.90 Å². The van der Waals surface area contributed by atoms with Gasteiger partial charge in [-0.1, -0.05) is 13.8 Å². The van der Waals surface area contributed by atoms with Crippen molar-refractivity contribution in [2.24, 2.45) is 11.3 Å². The van der Waals surface area contributed by atoms with Crippen LogP contribution in [0.25, 0.3) is 0 Å². The van der Waals surface area contributed by atoms with Gasteiger partial charge >= 0.3 is 11.9 Å². The quantitative estimate of drug-likeness (QED) is 0.712. The van der Waals surface area contributed by atoms with E-state index in [0.29, 0.717) is 0 Å². The van der Waals surface area contributed by atoms with Gasteiger partial charge in [0.25, 0.3) is 0 Å². The van der Waals surface area contributed by atoms with Crippen molar-refractivity contribution in [3.05, 3.63) is 0 Å². The average molecular weight is 259 g/mol. The summed E-state index contributed by atoms with van der Waals surface area (Å²) in [4.78, 5) is 35.2. The lowest BCUT2D eigenvalue weighted by Crippen LogP contribution is -2.38. The lowest BCUT2D eigenvalue weighted by Gasteiger charge is -2.29. The van der Waals surface area contributed by atoms with Crippen LogP contribution in [0.2, 0.25) is 0 Å². The number of rotatable bonds is 7. The second kappa shape index (κ2) is 6.37. The van der Waals surface area contributed by atoms with E-state index in [4.69, 9.17) is 5.11 Å². The first-order valence-electron chi connectivity index (χ1n) is 5.82. The zero-order valence-corrected chi connectivity index (χ0v) is 11.3. The first-order valence-corrected chi connectivity index (χ1v) is 5.82. The Morgan fingerprint density at radius 3 is 2.00 bits per heavy atom. The molecule has 1 amide bonds. The van der Waals surface area contributed by atoms with Gasteiger partial charge in [0.05, 0.1) is 11.8 Å². The highest BCUT2D eigenvalue weighted by atomic mass is 16.4. The first-order chi connectivity index (χ1) is 8.16. The highest BCUT2D eigenvalue weighted by Gasteiger charge is 2.41. The summed E-state index contributed by atoms with van der Waals surface area (Å²) in [5.41, 5.74) is -1.38. The van der Waals surface area contributed by atoms with Gasteiger partial charge in [0.2, 0.25) is 5.91 Å². The molecule has 0 aromatic carbocycles. The van der Waals surface area contributed by atoms with Gasteiger partial charge in [-0.3, -0.25) is 14.4 Å². The zero-order valence-electron chi connectivity index (χ0n) is 11.3. The number of carbonyl (C=O) groups excluding carboxylic acids is 1. The molecule has 2 unspecified atom stereocenters. The standard InChI is InChI=1S/C12H21NO5/c1-5-12(11(17)18,7-9(14)15)6-8(2)10(16)13(3)4/h8H,5-7H2,1-4H3,(H,14,15)(H,17,18). The third-order valence-electron chi connectivity index (χ3n) is 3.18. The molecule has 0 heterocycles. The third kappa shape index (κ3) is 4.01. The minimum Gasteiger partial charge on any atom is -0.481 e. The van der Waals surface area contributed by atoms with E-state index in [2.05, 4.69) is 0 Å². The van der Waals surface area contributed by atoms with Gasteiger partial charge in [0.15, 0.2) is 0 Å². The Balaban J connectivity index is 5.06. The number of amides is 1. The average Bonchev–Trinajstić information content (AvgIpc) is 2.25. The molecule has 0 saturated heterocycles. The number of aliphatic carboxylic acids is 2. The Labute approximate surface area is 107 Å². The summed E-state index contributed by atoms with van der Waals surface area (Å²) >= 11 is 0. The van der Waals surface area contributed by atoms with Crippen LogP contribution in [0.15, 0.2) is 0 Å². The number of carboxylic acid groups (broad SMARTS) is 2. The van der Waals surface area contributed by atoms with Gasteiger partial charge in [0, 0.05) is 20.0 Å². The van der Waals surface area contributed by atoms with Gasteiger partial charge in [0.1, 0.15) is 0 Å². The molecule has 104 valence electrons. The van der Waals surface area contributed by atoms with E-state index in [1.807, 2.05) is 0 Å². The highest BCUT2D eigenvalue weighted by Crippen LogP contribution is 2.35. The number of carboxylic acids is 2. The zero-order chi connectivity index (χ0) is 14.5. The third-order valence-corrected chi connectivity index (χ3v) is 3.18. The lowest BCUT2D eigenvalue weighted by atomic mass is 9.74. The summed E-state index contributed by atoms with van der Waals surface area (Å²) in [7, 11) is 3.18. The Kier molecular flexibility index (Phi) is 5.81. The fourth-order valence-corrected chi connectivity index (χ4v) is 2.06. The molecule has 6 heteroatoms. The van der Waals surface area contributed by atoms with Crippen LogP contribution < -0.4 is 0 Å². The minimum atomic E-state index is -1.38. The van der Waals surface area contributed by atoms with Crippen molar-refractivity contribution in [2.75, 3.05) is 14.1 Å². The molecule has 0 aliphatic heterocycles. The second-order valence-electron chi connectivity index (χ2n) is 4.85. The van der Waals surface area contributed by atoms with Crippen molar-refractivity contribution < 1.29 is 24.6 Å². The van der Waals surface area contributed by atoms with Crippen molar-refractivity contribution in [3.8, 4) is 0 Å². The number of hydrogen-bond acceptors (Lipinski definition) is 3. The largest absolute Gasteiger partial charge is 0.481 e. The van der Waals surface area contributed by atoms with E-state index in [1.54, 1.807) is 27.9 Å². The molecule has 0 spiro atoms. The van der Waals surface area contributed by atoms with E-state index >= 15 is 0 Å². The van der Waals surface area contributed by atoms with Crippen LogP contribution in [0.5, 0.6) is 0 Å². The number of carbonyl (C=O) groups is 3. The van der Waals surface area contributed by atoms with E-state index in [-0.39, 0.29) is 18.7 Å². The van der Waals surface area contributed by atoms with Crippen molar-refractivity contribution in [2.45, 2.75) is 33.1 Å². The summed E-state index contributed by atoms with van der Waals surface area (Å²) < 4.78 is 0. The molecule has 6 nitrogen and oxygen atoms in total. The Morgan fingerprint density at radius 1 is 1.22 bits per heavy atom. The number of hydrogen-bond donors (Lipinski definition) is 2. The van der Waals surface area contributed by atoms with Crippen LogP contribution in [-0.2, 0) is 14.4 Å². The van der Waals surface area contributed by atoms with Crippen LogP contribution in [0.4, 0.5) is 0 Å². The van der Waals surface area contributed by atoms with Gasteiger partial charge in [-0.2, -0.15) is 0 Å². The Hall–Kier alpha value is -1.59. The molecule has 0 radical (unpaired) electrons. The predicted octanol–water partition coefficient (Wildman–Crippen LogP) is 1.06. The molecule has 0 rings (SSSR count). The molecule has 0 saturated carbocycles. The van der Waals surface area contributed by atoms with Gasteiger partial charge in [-0.05, 0) is 12.8 Å². The topological polar surface area (TPSA) is 94.9 Å². The summed E-state index contributed by atoms with van der Waals surface area (Å²) in [6.07, 6.45) is -0.258. The second-order valence-corrected chi connectivity index (χ2v) is 4.85. The summed E-state index contributed by atoms with van der Waals surface area (Å²) in [6.45, 7) is 3.25. The molecule has 2 N–H and O–H groups in total. The van der Waals surface area contributed by atoms with Gasteiger partial charge in [-0.25, -0.2) is 0 Å². The van der Waals surface area contributed by atoms with Crippen LogP contribution in [-0.4, -0.2) is 47.1 Å². The smallest absolute Gasteiger partial charge is 0.310 e. The molecule has 18 heavy (non-hydrogen) atoms. The SMILES string of the molecule is CCC(CC(=O)O)(CC(C)C(=O)N(C)C)C(=O)O. The molecule has 0 aliphatic rings. The highest BCUT2D eigenvalue weighted by molar-refractivity contribution is 5.83. The molecule has 2 atom stereocenters. The molecule has 0 bridgehead atoms. The van der Waals surface area contributed by atoms with Crippen LogP contribution >= 0.6 is 0 Å². The maximum atomic E-state index is 11.7. The predicted molar refractivity (Wildman–Crippen MR) is 65.1 cm³/mol. The lowest BCUT2D eigenvalue weighted by molar-refractivity contribution is -0.158. The Bertz CT molecular complexity index is 339. The van der Waals surface area contributed by atoms with Crippen LogP contribution in [0, 0.1) is 11.3 Å². The maximum Gasteiger partial charge on any atom is 0.310 e. The molecule has 0 aliphatic carbocycles. The summed E-state index contributed by atoms with van der Waals surface area (Å²) in [5.74, 6) is -3.04. The van der Waals surface area contributed by atoms with Crippen LogP contribution in [0.1, 0.15) is 33.1 Å². The fourth-order valence-electron chi connectivity index (χ4n) is 2.06. The van der Waals surface area contributed by atoms with E-state index < -0.39 is 29.7 Å². The molecule has 0 fully saturated rings. The van der Waals surface area contributed by atoms with Crippen molar-refractivity contribution >= 4 is 17.8 Å². The van der Waals surface area contributed by atoms with Gasteiger partial charge in [-0.15, -0.1) is 0 Å². The molecule has 0 aromatic heterocycles. The fraction of sp³-hybridized carbons (Fsp3) is 0.750. The van der Waals surface area contributed by atoms with Crippen LogP contribution in [0.3, 0.4) is 0 Å². The molecule has 0 aromatic rings. The van der Waals surface area contributed by atoms with E-state index in [9.17, 15) is 19.5 Å². The first kappa shape index (κ1) is 16.4. The number of nitrogens with zero attached hydrogens (tertiary/aromatic N) is 1. The minimum absolute atomic E-state index is 0.0299. The maximum absolute atomic E-state index is 11.7. The van der Waals surface area contributed by atoms with E-state index in [0.717, 1.165) is 0 Å². The Morgan fingerprint density at radius 2 is 1.72 bits per heavy atom. The normalized spacial score (nSPS) is 15.6. The van der Waals surface area contributed by atoms with Gasteiger partial charge < -0.3 is 15.1 Å². The molecular weight excluding hydrogens is 238 g/mol. The summed E-state index contributed by atoms with van der Waals surface area (Å²) in [6, 6.07) is 0.